The van der Waals surface area contributed by atoms with E-state index in [0.29, 0.717) is 0 Å². The third-order valence-electron chi connectivity index (χ3n) is 3.28. The first-order valence-electron chi connectivity index (χ1n) is 7.70. The fourth-order valence-corrected chi connectivity index (χ4v) is 1.92. The van der Waals surface area contributed by atoms with Gasteiger partial charge < -0.3 is 42.6 Å². The molecule has 0 aromatic carbocycles. The highest BCUT2D eigenvalue weighted by molar-refractivity contribution is 5.84. The van der Waals surface area contributed by atoms with E-state index in [0.717, 1.165) is 0 Å². The summed E-state index contributed by atoms with van der Waals surface area (Å²) in [5.41, 5.74) is 15.6. The van der Waals surface area contributed by atoms with Crippen LogP contribution in [0.2, 0.25) is 0 Å². The van der Waals surface area contributed by atoms with Crippen molar-refractivity contribution in [1.82, 2.24) is 20.8 Å². The Bertz CT molecular complexity index is 692. The number of hydrogen-bond acceptors (Lipinski definition) is 9. The standard InChI is InChI=1S/C13H21N7O7/c14-5(4-21)10-19-11(27-20-10)7(3-9(16)23)18-13(26)17-6(12(24)25)1-2-8(15)22/h5-7,21H,1-4,14H2,(H2,15,22)(H2,16,23)(H,24,25)(H2,17,18,26)/t5?,6-,7?/m0/s1. The molecule has 14 nitrogen and oxygen atoms in total. The van der Waals surface area contributed by atoms with Crippen LogP contribution >= 0.6 is 0 Å². The van der Waals surface area contributed by atoms with Crippen LogP contribution in [0.15, 0.2) is 4.52 Å². The summed E-state index contributed by atoms with van der Waals surface area (Å²) in [7, 11) is 0. The summed E-state index contributed by atoms with van der Waals surface area (Å²) in [5, 5.41) is 26.0. The molecule has 0 fully saturated rings. The van der Waals surface area contributed by atoms with Crippen molar-refractivity contribution in [1.29, 1.82) is 0 Å². The molecule has 3 atom stereocenters. The topological polar surface area (TPSA) is 250 Å². The van der Waals surface area contributed by atoms with Crippen LogP contribution in [-0.4, -0.2) is 56.8 Å². The highest BCUT2D eigenvalue weighted by atomic mass is 16.5. The molecule has 4 amide bonds. The van der Waals surface area contributed by atoms with Gasteiger partial charge in [-0.1, -0.05) is 5.16 Å². The number of carbonyl (C=O) groups is 4. The molecule has 0 aliphatic carbocycles. The number of amides is 4. The average Bonchev–Trinajstić information content (AvgIpc) is 3.06. The van der Waals surface area contributed by atoms with Crippen molar-refractivity contribution in [3.63, 3.8) is 0 Å². The third kappa shape index (κ3) is 7.25. The lowest BCUT2D eigenvalue weighted by atomic mass is 10.1. The second-order valence-corrected chi connectivity index (χ2v) is 5.52. The monoisotopic (exact) mass is 387 g/mol. The van der Waals surface area contributed by atoms with Gasteiger partial charge in [0.1, 0.15) is 12.1 Å². The first-order chi connectivity index (χ1) is 12.6. The Kier molecular flexibility index (Phi) is 8.09. The number of nitrogens with one attached hydrogen (secondary N) is 2. The number of hydrogen-bond donors (Lipinski definition) is 7. The van der Waals surface area contributed by atoms with E-state index >= 15 is 0 Å². The van der Waals surface area contributed by atoms with Crippen LogP contribution in [0.3, 0.4) is 0 Å². The van der Waals surface area contributed by atoms with Crippen LogP contribution in [0.4, 0.5) is 4.79 Å². The lowest BCUT2D eigenvalue weighted by molar-refractivity contribution is -0.139. The molecule has 0 aliphatic rings. The Morgan fingerprint density at radius 2 is 1.81 bits per heavy atom. The van der Waals surface area contributed by atoms with E-state index in [9.17, 15) is 19.2 Å². The molecule has 1 heterocycles. The second-order valence-electron chi connectivity index (χ2n) is 5.52. The maximum absolute atomic E-state index is 12.1. The molecular weight excluding hydrogens is 366 g/mol. The number of aliphatic hydroxyl groups is 1. The quantitative estimate of drug-likeness (QED) is 0.202. The lowest BCUT2D eigenvalue weighted by Crippen LogP contribution is -2.47. The Morgan fingerprint density at radius 1 is 1.15 bits per heavy atom. The highest BCUT2D eigenvalue weighted by Gasteiger charge is 2.27. The van der Waals surface area contributed by atoms with Crippen molar-refractivity contribution in [3.8, 4) is 0 Å². The normalized spacial score (nSPS) is 14.0. The van der Waals surface area contributed by atoms with Crippen LogP contribution in [0, 0.1) is 0 Å². The number of nitrogens with zero attached hydrogens (tertiary/aromatic N) is 2. The summed E-state index contributed by atoms with van der Waals surface area (Å²) in [4.78, 5) is 49.1. The van der Waals surface area contributed by atoms with Gasteiger partial charge in [0.15, 0.2) is 5.82 Å². The van der Waals surface area contributed by atoms with Crippen molar-refractivity contribution < 1.29 is 33.9 Å². The van der Waals surface area contributed by atoms with Gasteiger partial charge >= 0.3 is 12.0 Å². The fraction of sp³-hybridized carbons (Fsp3) is 0.538. The zero-order valence-corrected chi connectivity index (χ0v) is 14.1. The Hall–Kier alpha value is -3.26. The molecule has 0 saturated carbocycles. The van der Waals surface area contributed by atoms with Gasteiger partial charge in [-0.05, 0) is 6.42 Å². The summed E-state index contributed by atoms with van der Waals surface area (Å²) < 4.78 is 4.90. The number of carbonyl (C=O) groups excluding carboxylic acids is 3. The van der Waals surface area contributed by atoms with Gasteiger partial charge in [-0.15, -0.1) is 0 Å². The minimum absolute atomic E-state index is 0.0611. The number of aromatic nitrogens is 2. The van der Waals surface area contributed by atoms with Crippen molar-refractivity contribution >= 4 is 23.8 Å². The molecule has 0 bridgehead atoms. The van der Waals surface area contributed by atoms with E-state index in [2.05, 4.69) is 20.8 Å². The van der Waals surface area contributed by atoms with Crippen LogP contribution in [0.25, 0.3) is 0 Å². The molecular formula is C13H21N7O7. The zero-order valence-electron chi connectivity index (χ0n) is 14.1. The highest BCUT2D eigenvalue weighted by Crippen LogP contribution is 2.16. The van der Waals surface area contributed by atoms with E-state index in [1.807, 2.05) is 0 Å². The van der Waals surface area contributed by atoms with E-state index in [-0.39, 0.29) is 24.6 Å². The van der Waals surface area contributed by atoms with Crippen molar-refractivity contribution in [2.24, 2.45) is 17.2 Å². The van der Waals surface area contributed by atoms with Gasteiger partial charge in [0, 0.05) is 6.42 Å². The minimum atomic E-state index is -1.40. The minimum Gasteiger partial charge on any atom is -0.480 e. The van der Waals surface area contributed by atoms with Crippen LogP contribution < -0.4 is 27.8 Å². The maximum Gasteiger partial charge on any atom is 0.326 e. The molecule has 1 rings (SSSR count). The number of rotatable bonds is 11. The SMILES string of the molecule is NC(=O)CC[C@H](NC(=O)NC(CC(N)=O)c1nc(C(N)CO)no1)C(=O)O. The Labute approximate surface area is 152 Å². The summed E-state index contributed by atoms with van der Waals surface area (Å²) in [6.45, 7) is -0.465. The Morgan fingerprint density at radius 3 is 2.33 bits per heavy atom. The van der Waals surface area contributed by atoms with Crippen LogP contribution in [0.1, 0.15) is 43.1 Å². The number of nitrogens with two attached hydrogens (primary N) is 3. The molecule has 1 aromatic rings. The molecule has 150 valence electrons. The predicted molar refractivity (Wildman–Crippen MR) is 86.4 cm³/mol. The molecule has 14 heteroatoms. The summed E-state index contributed by atoms with van der Waals surface area (Å²) in [6.07, 6.45) is -0.912. The van der Waals surface area contributed by atoms with Crippen LogP contribution in [0.5, 0.6) is 0 Å². The summed E-state index contributed by atoms with van der Waals surface area (Å²) in [5.74, 6) is -3.20. The molecule has 0 aliphatic heterocycles. The fourth-order valence-electron chi connectivity index (χ4n) is 1.92. The molecule has 10 N–H and O–H groups in total. The number of primary amides is 2. The molecule has 27 heavy (non-hydrogen) atoms. The number of urea groups is 1. The van der Waals surface area contributed by atoms with Gasteiger partial charge in [-0.25, -0.2) is 9.59 Å². The van der Waals surface area contributed by atoms with Gasteiger partial charge in [0.25, 0.3) is 0 Å². The van der Waals surface area contributed by atoms with Crippen molar-refractivity contribution in [2.45, 2.75) is 37.4 Å². The number of carboxylic acid groups (broad SMARTS) is 1. The zero-order chi connectivity index (χ0) is 20.6. The largest absolute Gasteiger partial charge is 0.480 e. The first kappa shape index (κ1) is 21.8. The van der Waals surface area contributed by atoms with Gasteiger partial charge in [-0.2, -0.15) is 4.98 Å². The molecule has 1 aromatic heterocycles. The van der Waals surface area contributed by atoms with Gasteiger partial charge in [0.05, 0.1) is 19.1 Å². The molecule has 2 unspecified atom stereocenters. The van der Waals surface area contributed by atoms with Crippen LogP contribution in [-0.2, 0) is 14.4 Å². The first-order valence-corrected chi connectivity index (χ1v) is 7.70. The smallest absolute Gasteiger partial charge is 0.326 e. The number of aliphatic hydroxyl groups excluding tert-OH is 1. The van der Waals surface area contributed by atoms with Gasteiger partial charge in [-0.3, -0.25) is 9.59 Å². The van der Waals surface area contributed by atoms with E-state index in [1.165, 1.54) is 0 Å². The maximum atomic E-state index is 12.1. The van der Waals surface area contributed by atoms with Crippen molar-refractivity contribution in [2.75, 3.05) is 6.61 Å². The Balaban J connectivity index is 2.84. The molecule has 0 radical (unpaired) electrons. The molecule has 0 saturated heterocycles. The summed E-state index contributed by atoms with van der Waals surface area (Å²) in [6, 6.07) is -4.48. The predicted octanol–water partition coefficient (Wildman–Crippen LogP) is -3.00. The van der Waals surface area contributed by atoms with E-state index in [4.69, 9.17) is 31.9 Å². The van der Waals surface area contributed by atoms with Crippen molar-refractivity contribution in [3.05, 3.63) is 11.7 Å². The second kappa shape index (κ2) is 10.0. The number of carboxylic acids is 1. The average molecular weight is 387 g/mol. The van der Waals surface area contributed by atoms with Gasteiger partial charge in [0.2, 0.25) is 17.7 Å². The molecule has 0 spiro atoms. The van der Waals surface area contributed by atoms with E-state index < -0.39 is 55.0 Å². The number of aliphatic carboxylic acids is 1. The lowest BCUT2D eigenvalue weighted by Gasteiger charge is -2.17. The summed E-state index contributed by atoms with van der Waals surface area (Å²) >= 11 is 0. The third-order valence-corrected chi connectivity index (χ3v) is 3.28. The van der Waals surface area contributed by atoms with E-state index in [1.54, 1.807) is 0 Å².